The molecule has 5 nitrogen and oxygen atoms in total. The summed E-state index contributed by atoms with van der Waals surface area (Å²) in [6.07, 6.45) is 3.29. The van der Waals surface area contributed by atoms with E-state index in [9.17, 15) is 0 Å². The minimum atomic E-state index is 0.116. The topological polar surface area (TPSA) is 56.5 Å². The van der Waals surface area contributed by atoms with Gasteiger partial charge in [-0.2, -0.15) is 15.2 Å². The van der Waals surface area contributed by atoms with Gasteiger partial charge in [-0.05, 0) is 24.6 Å². The van der Waals surface area contributed by atoms with Crippen LogP contribution >= 0.6 is 11.6 Å². The fourth-order valence-electron chi connectivity index (χ4n) is 0.927. The standard InChI is InChI=1S/C7H6ClN5/c1-5-2-3-13(12-5)6-4-9-11-7(8)10-6/h2-4H,1H3. The van der Waals surface area contributed by atoms with E-state index in [0.29, 0.717) is 5.82 Å². The molecule has 2 rings (SSSR count). The molecule has 13 heavy (non-hydrogen) atoms. The van der Waals surface area contributed by atoms with Crippen molar-refractivity contribution in [3.8, 4) is 5.82 Å². The van der Waals surface area contributed by atoms with E-state index in [0.717, 1.165) is 5.69 Å². The molecular weight excluding hydrogens is 190 g/mol. The zero-order valence-electron chi connectivity index (χ0n) is 6.85. The van der Waals surface area contributed by atoms with Gasteiger partial charge in [-0.3, -0.25) is 0 Å². The first-order valence-corrected chi connectivity index (χ1v) is 4.01. The van der Waals surface area contributed by atoms with Crippen LogP contribution in [0.1, 0.15) is 5.69 Å². The zero-order chi connectivity index (χ0) is 9.26. The number of halogens is 1. The fourth-order valence-corrected chi connectivity index (χ4v) is 1.06. The maximum absolute atomic E-state index is 5.58. The molecule has 0 spiro atoms. The van der Waals surface area contributed by atoms with Crippen LogP contribution in [0.5, 0.6) is 0 Å². The Labute approximate surface area is 79.4 Å². The van der Waals surface area contributed by atoms with Crippen LogP contribution in [0.3, 0.4) is 0 Å². The van der Waals surface area contributed by atoms with Crippen LogP contribution in [0.2, 0.25) is 5.28 Å². The van der Waals surface area contributed by atoms with Crippen molar-refractivity contribution < 1.29 is 0 Å². The van der Waals surface area contributed by atoms with Crippen molar-refractivity contribution in [2.45, 2.75) is 6.92 Å². The third-order valence-corrected chi connectivity index (χ3v) is 1.64. The van der Waals surface area contributed by atoms with Gasteiger partial charge in [0, 0.05) is 6.20 Å². The molecule has 0 unspecified atom stereocenters. The van der Waals surface area contributed by atoms with E-state index in [1.54, 1.807) is 10.9 Å². The van der Waals surface area contributed by atoms with E-state index >= 15 is 0 Å². The molecule has 0 atom stereocenters. The van der Waals surface area contributed by atoms with Crippen molar-refractivity contribution in [1.82, 2.24) is 25.0 Å². The molecule has 0 fully saturated rings. The lowest BCUT2D eigenvalue weighted by Gasteiger charge is -1.97. The summed E-state index contributed by atoms with van der Waals surface area (Å²) in [7, 11) is 0. The van der Waals surface area contributed by atoms with Crippen LogP contribution in [-0.2, 0) is 0 Å². The number of rotatable bonds is 1. The van der Waals surface area contributed by atoms with Crippen molar-refractivity contribution in [1.29, 1.82) is 0 Å². The third kappa shape index (κ3) is 1.65. The molecular formula is C7H6ClN5. The average Bonchev–Trinajstić information content (AvgIpc) is 2.52. The Hall–Kier alpha value is -1.49. The van der Waals surface area contributed by atoms with Crippen molar-refractivity contribution >= 4 is 11.6 Å². The normalized spacial score (nSPS) is 10.3. The summed E-state index contributed by atoms with van der Waals surface area (Å²) >= 11 is 5.58. The molecule has 2 heterocycles. The monoisotopic (exact) mass is 195 g/mol. The second-order valence-corrected chi connectivity index (χ2v) is 2.82. The maximum atomic E-state index is 5.58. The third-order valence-electron chi connectivity index (χ3n) is 1.48. The first kappa shape index (κ1) is 8.12. The number of nitrogens with zero attached hydrogens (tertiary/aromatic N) is 5. The van der Waals surface area contributed by atoms with Gasteiger partial charge in [0.05, 0.1) is 11.9 Å². The van der Waals surface area contributed by atoms with E-state index in [4.69, 9.17) is 11.6 Å². The molecule has 0 aliphatic carbocycles. The summed E-state index contributed by atoms with van der Waals surface area (Å²) in [6.45, 7) is 1.90. The lowest BCUT2D eigenvalue weighted by molar-refractivity contribution is 0.803. The molecule has 0 saturated carbocycles. The summed E-state index contributed by atoms with van der Waals surface area (Å²) < 4.78 is 1.59. The maximum Gasteiger partial charge on any atom is 0.244 e. The molecule has 2 aromatic heterocycles. The van der Waals surface area contributed by atoms with Crippen LogP contribution in [0.15, 0.2) is 18.5 Å². The molecule has 0 bridgehead atoms. The molecule has 66 valence electrons. The number of hydrogen-bond donors (Lipinski definition) is 0. The second-order valence-electron chi connectivity index (χ2n) is 2.49. The molecule has 0 aromatic carbocycles. The Balaban J connectivity index is 2.46. The van der Waals surface area contributed by atoms with Gasteiger partial charge in [0.15, 0.2) is 5.82 Å². The fraction of sp³-hybridized carbons (Fsp3) is 0.143. The van der Waals surface area contributed by atoms with Gasteiger partial charge in [0.1, 0.15) is 0 Å². The highest BCUT2D eigenvalue weighted by molar-refractivity contribution is 6.28. The highest BCUT2D eigenvalue weighted by Crippen LogP contribution is 2.04. The molecule has 2 aromatic rings. The van der Waals surface area contributed by atoms with Gasteiger partial charge < -0.3 is 0 Å². The number of hydrogen-bond acceptors (Lipinski definition) is 4. The van der Waals surface area contributed by atoms with Crippen molar-refractivity contribution in [2.24, 2.45) is 0 Å². The minimum Gasteiger partial charge on any atom is -0.221 e. The first-order valence-electron chi connectivity index (χ1n) is 3.63. The van der Waals surface area contributed by atoms with E-state index in [2.05, 4.69) is 20.3 Å². The van der Waals surface area contributed by atoms with Crippen LogP contribution in [0.4, 0.5) is 0 Å². The summed E-state index contributed by atoms with van der Waals surface area (Å²) in [4.78, 5) is 3.95. The zero-order valence-corrected chi connectivity index (χ0v) is 7.60. The van der Waals surface area contributed by atoms with Gasteiger partial charge in [-0.25, -0.2) is 4.68 Å². The second kappa shape index (κ2) is 3.10. The SMILES string of the molecule is Cc1ccn(-c2cnnc(Cl)n2)n1. The highest BCUT2D eigenvalue weighted by atomic mass is 35.5. The Morgan fingerprint density at radius 2 is 2.31 bits per heavy atom. The quantitative estimate of drug-likeness (QED) is 0.682. The summed E-state index contributed by atoms with van der Waals surface area (Å²) in [5.41, 5.74) is 0.912. The first-order chi connectivity index (χ1) is 6.25. The van der Waals surface area contributed by atoms with E-state index in [1.807, 2.05) is 13.0 Å². The largest absolute Gasteiger partial charge is 0.244 e. The predicted octanol–water partition coefficient (Wildman–Crippen LogP) is 1.02. The molecule has 0 amide bonds. The Bertz CT molecular complexity index is 424. The average molecular weight is 196 g/mol. The molecule has 0 N–H and O–H groups in total. The van der Waals surface area contributed by atoms with Gasteiger partial charge in [0.25, 0.3) is 0 Å². The molecule has 0 saturated heterocycles. The van der Waals surface area contributed by atoms with Crippen molar-refractivity contribution in [3.05, 3.63) is 29.4 Å². The lowest BCUT2D eigenvalue weighted by Crippen LogP contribution is -2.00. The molecule has 0 aliphatic heterocycles. The van der Waals surface area contributed by atoms with E-state index in [1.165, 1.54) is 6.20 Å². The lowest BCUT2D eigenvalue weighted by atomic mass is 10.5. The van der Waals surface area contributed by atoms with Crippen LogP contribution in [0.25, 0.3) is 5.82 Å². The smallest absolute Gasteiger partial charge is 0.221 e. The highest BCUT2D eigenvalue weighted by Gasteiger charge is 2.01. The summed E-state index contributed by atoms with van der Waals surface area (Å²) in [6, 6.07) is 1.87. The van der Waals surface area contributed by atoms with Gasteiger partial charge in [0.2, 0.25) is 5.28 Å². The molecule has 0 radical (unpaired) electrons. The molecule has 0 aliphatic rings. The summed E-state index contributed by atoms with van der Waals surface area (Å²) in [5, 5.41) is 11.5. The minimum absolute atomic E-state index is 0.116. The van der Waals surface area contributed by atoms with E-state index < -0.39 is 0 Å². The van der Waals surface area contributed by atoms with Crippen LogP contribution < -0.4 is 0 Å². The Morgan fingerprint density at radius 3 is 2.92 bits per heavy atom. The number of aromatic nitrogens is 5. The van der Waals surface area contributed by atoms with Crippen molar-refractivity contribution in [3.63, 3.8) is 0 Å². The van der Waals surface area contributed by atoms with E-state index in [-0.39, 0.29) is 5.28 Å². The summed E-state index contributed by atoms with van der Waals surface area (Å²) in [5.74, 6) is 0.563. The predicted molar refractivity (Wildman–Crippen MR) is 46.7 cm³/mol. The van der Waals surface area contributed by atoms with Gasteiger partial charge >= 0.3 is 0 Å². The molecule has 6 heteroatoms. The number of aryl methyl sites for hydroxylation is 1. The Kier molecular flexibility index (Phi) is 1.94. The van der Waals surface area contributed by atoms with Crippen LogP contribution in [0, 0.1) is 6.92 Å². The van der Waals surface area contributed by atoms with Gasteiger partial charge in [-0.15, -0.1) is 5.10 Å². The van der Waals surface area contributed by atoms with Gasteiger partial charge in [-0.1, -0.05) is 0 Å². The van der Waals surface area contributed by atoms with Crippen LogP contribution in [-0.4, -0.2) is 25.0 Å². The Morgan fingerprint density at radius 1 is 1.46 bits per heavy atom. The van der Waals surface area contributed by atoms with Crippen molar-refractivity contribution in [2.75, 3.05) is 0 Å².